The minimum atomic E-state index is -0.287. The molecular formula is C15H22N2O2. The quantitative estimate of drug-likeness (QED) is 0.884. The lowest BCUT2D eigenvalue weighted by Gasteiger charge is -2.41. The SMILES string of the molecule is CC1CN(C(=O)c2ccc(CN)cc2)CC(C)(C)O1. The van der Waals surface area contributed by atoms with Gasteiger partial charge in [-0.15, -0.1) is 0 Å². The van der Waals surface area contributed by atoms with Crippen molar-refractivity contribution in [1.29, 1.82) is 0 Å². The lowest BCUT2D eigenvalue weighted by molar-refractivity contribution is -0.118. The van der Waals surface area contributed by atoms with E-state index in [1.165, 1.54) is 0 Å². The van der Waals surface area contributed by atoms with Gasteiger partial charge in [-0.1, -0.05) is 12.1 Å². The molecule has 2 rings (SSSR count). The fourth-order valence-corrected chi connectivity index (χ4v) is 2.57. The Labute approximate surface area is 114 Å². The standard InChI is InChI=1S/C15H22N2O2/c1-11-9-17(10-15(2,3)19-11)14(18)13-6-4-12(8-16)5-7-13/h4-7,11H,8-10,16H2,1-3H3. The van der Waals surface area contributed by atoms with E-state index in [2.05, 4.69) is 0 Å². The molecular weight excluding hydrogens is 240 g/mol. The van der Waals surface area contributed by atoms with E-state index in [-0.39, 0.29) is 17.6 Å². The number of ether oxygens (including phenoxy) is 1. The molecule has 4 nitrogen and oxygen atoms in total. The molecule has 4 heteroatoms. The van der Waals surface area contributed by atoms with Gasteiger partial charge < -0.3 is 15.4 Å². The summed E-state index contributed by atoms with van der Waals surface area (Å²) in [6, 6.07) is 7.50. The zero-order chi connectivity index (χ0) is 14.0. The molecule has 1 aliphatic rings. The summed E-state index contributed by atoms with van der Waals surface area (Å²) in [6.45, 7) is 7.78. The lowest BCUT2D eigenvalue weighted by atomic mass is 10.0. The van der Waals surface area contributed by atoms with Crippen molar-refractivity contribution in [3.63, 3.8) is 0 Å². The van der Waals surface area contributed by atoms with E-state index in [1.807, 2.05) is 49.9 Å². The summed E-state index contributed by atoms with van der Waals surface area (Å²) in [5.41, 5.74) is 7.02. The Hall–Kier alpha value is -1.39. The van der Waals surface area contributed by atoms with Crippen molar-refractivity contribution in [2.24, 2.45) is 5.73 Å². The average molecular weight is 262 g/mol. The van der Waals surface area contributed by atoms with Crippen LogP contribution < -0.4 is 5.73 Å². The minimum absolute atomic E-state index is 0.0618. The molecule has 19 heavy (non-hydrogen) atoms. The largest absolute Gasteiger partial charge is 0.369 e. The number of morpholine rings is 1. The van der Waals surface area contributed by atoms with Crippen LogP contribution in [0.25, 0.3) is 0 Å². The Morgan fingerprint density at radius 2 is 2.05 bits per heavy atom. The van der Waals surface area contributed by atoms with E-state index in [4.69, 9.17) is 10.5 Å². The summed E-state index contributed by atoms with van der Waals surface area (Å²) in [7, 11) is 0. The van der Waals surface area contributed by atoms with Gasteiger partial charge in [-0.25, -0.2) is 0 Å². The van der Waals surface area contributed by atoms with Gasteiger partial charge in [0.15, 0.2) is 0 Å². The number of nitrogens with zero attached hydrogens (tertiary/aromatic N) is 1. The van der Waals surface area contributed by atoms with E-state index < -0.39 is 0 Å². The molecule has 0 bridgehead atoms. The number of carbonyl (C=O) groups is 1. The predicted molar refractivity (Wildman–Crippen MR) is 74.9 cm³/mol. The van der Waals surface area contributed by atoms with Crippen LogP contribution in [0, 0.1) is 0 Å². The maximum atomic E-state index is 12.5. The number of nitrogens with two attached hydrogens (primary N) is 1. The average Bonchev–Trinajstić information content (AvgIpc) is 2.35. The molecule has 1 atom stereocenters. The second kappa shape index (κ2) is 5.31. The zero-order valence-corrected chi connectivity index (χ0v) is 11.8. The van der Waals surface area contributed by atoms with Crippen molar-refractivity contribution in [2.45, 2.75) is 39.0 Å². The maximum Gasteiger partial charge on any atom is 0.254 e. The number of rotatable bonds is 2. The highest BCUT2D eigenvalue weighted by Gasteiger charge is 2.33. The van der Waals surface area contributed by atoms with Crippen molar-refractivity contribution in [3.05, 3.63) is 35.4 Å². The predicted octanol–water partition coefficient (Wildman–Crippen LogP) is 1.78. The van der Waals surface area contributed by atoms with Gasteiger partial charge in [0.05, 0.1) is 11.7 Å². The number of hydrogen-bond acceptors (Lipinski definition) is 3. The number of amides is 1. The van der Waals surface area contributed by atoms with Crippen molar-refractivity contribution in [2.75, 3.05) is 13.1 Å². The fourth-order valence-electron chi connectivity index (χ4n) is 2.57. The van der Waals surface area contributed by atoms with Crippen LogP contribution in [0.15, 0.2) is 24.3 Å². The van der Waals surface area contributed by atoms with E-state index >= 15 is 0 Å². The zero-order valence-electron chi connectivity index (χ0n) is 11.8. The van der Waals surface area contributed by atoms with Crippen LogP contribution >= 0.6 is 0 Å². The molecule has 0 spiro atoms. The molecule has 0 aromatic heterocycles. The summed E-state index contributed by atoms with van der Waals surface area (Å²) < 4.78 is 5.82. The van der Waals surface area contributed by atoms with E-state index in [9.17, 15) is 4.79 Å². The van der Waals surface area contributed by atoms with Crippen LogP contribution in [0.4, 0.5) is 0 Å². The van der Waals surface area contributed by atoms with Crippen molar-refractivity contribution in [3.8, 4) is 0 Å². The number of carbonyl (C=O) groups excluding carboxylic acids is 1. The summed E-state index contributed by atoms with van der Waals surface area (Å²) >= 11 is 0. The number of hydrogen-bond donors (Lipinski definition) is 1. The first-order valence-corrected chi connectivity index (χ1v) is 6.67. The molecule has 1 unspecified atom stereocenters. The van der Waals surface area contributed by atoms with Crippen LogP contribution in [0.3, 0.4) is 0 Å². The molecule has 0 saturated carbocycles. The Kier molecular flexibility index (Phi) is 3.92. The second-order valence-electron chi connectivity index (χ2n) is 5.77. The van der Waals surface area contributed by atoms with E-state index in [0.717, 1.165) is 5.56 Å². The molecule has 1 aromatic rings. The Balaban J connectivity index is 2.14. The highest BCUT2D eigenvalue weighted by Crippen LogP contribution is 2.22. The molecule has 0 radical (unpaired) electrons. The van der Waals surface area contributed by atoms with Crippen LogP contribution in [-0.4, -0.2) is 35.6 Å². The van der Waals surface area contributed by atoms with E-state index in [0.29, 0.717) is 25.2 Å². The maximum absolute atomic E-state index is 12.5. The topological polar surface area (TPSA) is 55.6 Å². The first-order valence-electron chi connectivity index (χ1n) is 6.67. The monoisotopic (exact) mass is 262 g/mol. The lowest BCUT2D eigenvalue weighted by Crippen LogP contribution is -2.53. The summed E-state index contributed by atoms with van der Waals surface area (Å²) in [4.78, 5) is 14.3. The first-order chi connectivity index (χ1) is 8.91. The highest BCUT2D eigenvalue weighted by atomic mass is 16.5. The van der Waals surface area contributed by atoms with Gasteiger partial charge in [-0.2, -0.15) is 0 Å². The van der Waals surface area contributed by atoms with Gasteiger partial charge in [-0.3, -0.25) is 4.79 Å². The third-order valence-corrected chi connectivity index (χ3v) is 3.29. The fraction of sp³-hybridized carbons (Fsp3) is 0.533. The molecule has 1 amide bonds. The van der Waals surface area contributed by atoms with Gasteiger partial charge in [0.2, 0.25) is 0 Å². The van der Waals surface area contributed by atoms with Crippen LogP contribution in [0.1, 0.15) is 36.7 Å². The summed E-state index contributed by atoms with van der Waals surface area (Å²) in [5, 5.41) is 0. The third kappa shape index (κ3) is 3.33. The highest BCUT2D eigenvalue weighted by molar-refractivity contribution is 5.94. The Bertz CT molecular complexity index is 454. The molecule has 1 heterocycles. The van der Waals surface area contributed by atoms with Crippen LogP contribution in [-0.2, 0) is 11.3 Å². The Morgan fingerprint density at radius 1 is 1.42 bits per heavy atom. The normalized spacial score (nSPS) is 22.3. The molecule has 1 aromatic carbocycles. The van der Waals surface area contributed by atoms with Gasteiger partial charge in [-0.05, 0) is 38.5 Å². The van der Waals surface area contributed by atoms with Crippen LogP contribution in [0.2, 0.25) is 0 Å². The van der Waals surface area contributed by atoms with Gasteiger partial charge in [0, 0.05) is 25.2 Å². The molecule has 2 N–H and O–H groups in total. The smallest absolute Gasteiger partial charge is 0.254 e. The molecule has 104 valence electrons. The molecule has 0 aliphatic carbocycles. The molecule has 1 saturated heterocycles. The first kappa shape index (κ1) is 14.0. The summed E-state index contributed by atoms with van der Waals surface area (Å²) in [5.74, 6) is 0.0618. The van der Waals surface area contributed by atoms with Crippen LogP contribution in [0.5, 0.6) is 0 Å². The van der Waals surface area contributed by atoms with Crippen molar-refractivity contribution in [1.82, 2.24) is 4.90 Å². The van der Waals surface area contributed by atoms with Gasteiger partial charge in [0.1, 0.15) is 0 Å². The van der Waals surface area contributed by atoms with Crippen molar-refractivity contribution >= 4 is 5.91 Å². The van der Waals surface area contributed by atoms with E-state index in [1.54, 1.807) is 0 Å². The second-order valence-corrected chi connectivity index (χ2v) is 5.77. The third-order valence-electron chi connectivity index (χ3n) is 3.29. The molecule has 1 aliphatic heterocycles. The van der Waals surface area contributed by atoms with Gasteiger partial charge in [0.25, 0.3) is 5.91 Å². The Morgan fingerprint density at radius 3 is 2.58 bits per heavy atom. The minimum Gasteiger partial charge on any atom is -0.369 e. The summed E-state index contributed by atoms with van der Waals surface area (Å²) in [6.07, 6.45) is 0.0658. The van der Waals surface area contributed by atoms with Crippen molar-refractivity contribution < 1.29 is 9.53 Å². The molecule has 1 fully saturated rings. The van der Waals surface area contributed by atoms with Gasteiger partial charge >= 0.3 is 0 Å². The number of benzene rings is 1.